The number of thiocarbonyl (C=S) groups is 1. The largest absolute Gasteiger partial charge is 0.479 e. The van der Waals surface area contributed by atoms with Gasteiger partial charge in [-0.2, -0.15) is 0 Å². The summed E-state index contributed by atoms with van der Waals surface area (Å²) in [7, 11) is 0. The Morgan fingerprint density at radius 1 is 1.03 bits per heavy atom. The highest BCUT2D eigenvalue weighted by atomic mass is 32.2. The van der Waals surface area contributed by atoms with Crippen molar-refractivity contribution in [2.24, 2.45) is 0 Å². The molecule has 154 valence electrons. The third-order valence-corrected chi connectivity index (χ3v) is 5.45. The van der Waals surface area contributed by atoms with Crippen LogP contribution in [-0.4, -0.2) is 34.7 Å². The lowest BCUT2D eigenvalue weighted by atomic mass is 10.1. The quantitative estimate of drug-likeness (QED) is 0.422. The Kier molecular flexibility index (Phi) is 10.2. The van der Waals surface area contributed by atoms with E-state index in [0.717, 1.165) is 5.56 Å². The van der Waals surface area contributed by atoms with Gasteiger partial charge in [-0.25, -0.2) is 4.79 Å². The number of carbonyl (C=O) groups is 2. The van der Waals surface area contributed by atoms with Crippen molar-refractivity contribution < 1.29 is 19.1 Å². The number of alkyl carbamates (subject to hydrolysis) is 1. The van der Waals surface area contributed by atoms with E-state index >= 15 is 0 Å². The highest BCUT2D eigenvalue weighted by molar-refractivity contribution is 8.23. The molecule has 2 aromatic carbocycles. The molecule has 29 heavy (non-hydrogen) atoms. The molecule has 0 fully saturated rings. The van der Waals surface area contributed by atoms with Gasteiger partial charge in [-0.3, -0.25) is 4.79 Å². The summed E-state index contributed by atoms with van der Waals surface area (Å²) < 4.78 is 11.0. The number of amides is 1. The molecule has 0 aliphatic heterocycles. The molecule has 0 aliphatic carbocycles. The van der Waals surface area contributed by atoms with Crippen LogP contribution < -0.4 is 5.32 Å². The highest BCUT2D eigenvalue weighted by Crippen LogP contribution is 2.20. The number of ether oxygens (including phenoxy) is 2. The van der Waals surface area contributed by atoms with Gasteiger partial charge in [-0.1, -0.05) is 72.4 Å². The van der Waals surface area contributed by atoms with Gasteiger partial charge < -0.3 is 14.8 Å². The topological polar surface area (TPSA) is 64.6 Å². The molecule has 2 aromatic rings. The van der Waals surface area contributed by atoms with E-state index in [2.05, 4.69) is 5.32 Å². The summed E-state index contributed by atoms with van der Waals surface area (Å²) >= 11 is 6.56. The van der Waals surface area contributed by atoms with Gasteiger partial charge in [0.15, 0.2) is 5.78 Å². The van der Waals surface area contributed by atoms with Gasteiger partial charge in [-0.15, -0.1) is 0 Å². The first-order chi connectivity index (χ1) is 14.1. The first kappa shape index (κ1) is 22.9. The smallest absolute Gasteiger partial charge is 0.407 e. The summed E-state index contributed by atoms with van der Waals surface area (Å²) in [6.07, 6.45) is 0.415. The Morgan fingerprint density at radius 3 is 2.34 bits per heavy atom. The number of rotatable bonds is 10. The fourth-order valence-electron chi connectivity index (χ4n) is 2.52. The predicted molar refractivity (Wildman–Crippen MR) is 120 cm³/mol. The third-order valence-electron chi connectivity index (χ3n) is 4.00. The highest BCUT2D eigenvalue weighted by Gasteiger charge is 2.17. The lowest BCUT2D eigenvalue weighted by molar-refractivity contribution is 0.0980. The van der Waals surface area contributed by atoms with Crippen LogP contribution in [0.5, 0.6) is 0 Å². The van der Waals surface area contributed by atoms with Crippen LogP contribution in [0.3, 0.4) is 0 Å². The monoisotopic (exact) mass is 431 g/mol. The Bertz CT molecular complexity index is 784. The standard InChI is InChI=1S/C22H25NO4S2/c1-2-26-22(28)29-19(13-14-20(24)18-11-7-4-8-12-18)15-23-21(25)27-16-17-9-5-3-6-10-17/h3-12,19H,2,13-16H2,1H3,(H,23,25). The van der Waals surface area contributed by atoms with Crippen LogP contribution in [-0.2, 0) is 16.1 Å². The average Bonchev–Trinajstić information content (AvgIpc) is 2.75. The van der Waals surface area contributed by atoms with Crippen LogP contribution in [0.4, 0.5) is 4.79 Å². The van der Waals surface area contributed by atoms with Gasteiger partial charge in [-0.05, 0) is 31.1 Å². The number of thioether (sulfide) groups is 1. The molecule has 1 amide bonds. The number of carbonyl (C=O) groups excluding carboxylic acids is 2. The van der Waals surface area contributed by atoms with E-state index in [0.29, 0.717) is 35.9 Å². The lowest BCUT2D eigenvalue weighted by Crippen LogP contribution is -2.32. The SMILES string of the molecule is CCOC(=S)SC(CCC(=O)c1ccccc1)CNC(=O)OCc1ccccc1. The number of nitrogens with one attached hydrogen (secondary N) is 1. The van der Waals surface area contributed by atoms with Gasteiger partial charge in [0.25, 0.3) is 0 Å². The third kappa shape index (κ3) is 9.11. The minimum atomic E-state index is -0.504. The molecule has 0 heterocycles. The van der Waals surface area contributed by atoms with Crippen molar-refractivity contribution in [3.8, 4) is 0 Å². The van der Waals surface area contributed by atoms with Crippen LogP contribution >= 0.6 is 24.0 Å². The lowest BCUT2D eigenvalue weighted by Gasteiger charge is -2.17. The van der Waals surface area contributed by atoms with Crippen molar-refractivity contribution in [3.63, 3.8) is 0 Å². The van der Waals surface area contributed by atoms with E-state index in [1.54, 1.807) is 12.1 Å². The summed E-state index contributed by atoms with van der Waals surface area (Å²) in [5, 5.41) is 2.66. The fourth-order valence-corrected chi connectivity index (χ4v) is 3.91. The molecule has 0 saturated heterocycles. The van der Waals surface area contributed by atoms with Crippen molar-refractivity contribution in [1.82, 2.24) is 5.32 Å². The van der Waals surface area contributed by atoms with Crippen LogP contribution in [0.15, 0.2) is 60.7 Å². The van der Waals surface area contributed by atoms with Crippen LogP contribution in [0, 0.1) is 0 Å². The number of Topliss-reactive ketones (excluding diaryl/α,β-unsaturated/α-hetero) is 1. The van der Waals surface area contributed by atoms with Gasteiger partial charge in [0, 0.05) is 23.8 Å². The zero-order valence-electron chi connectivity index (χ0n) is 16.3. The number of hydrogen-bond acceptors (Lipinski definition) is 6. The number of benzene rings is 2. The van der Waals surface area contributed by atoms with Crippen LogP contribution in [0.1, 0.15) is 35.7 Å². The molecule has 1 atom stereocenters. The first-order valence-electron chi connectivity index (χ1n) is 9.44. The Hall–Kier alpha value is -2.38. The van der Waals surface area contributed by atoms with E-state index in [1.165, 1.54) is 11.8 Å². The zero-order chi connectivity index (χ0) is 20.9. The molecule has 0 radical (unpaired) electrons. The summed E-state index contributed by atoms with van der Waals surface area (Å²) in [6.45, 7) is 2.87. The molecule has 0 aliphatic rings. The Balaban J connectivity index is 1.83. The van der Waals surface area contributed by atoms with Gasteiger partial charge in [0.1, 0.15) is 6.61 Å². The molecule has 7 heteroatoms. The molecule has 0 aromatic heterocycles. The maximum Gasteiger partial charge on any atom is 0.407 e. The second kappa shape index (κ2) is 13.0. The van der Waals surface area contributed by atoms with Gasteiger partial charge in [0.05, 0.1) is 6.61 Å². The summed E-state index contributed by atoms with van der Waals surface area (Å²) in [6, 6.07) is 18.6. The minimum Gasteiger partial charge on any atom is -0.479 e. The van der Waals surface area contributed by atoms with Crippen molar-refractivity contribution in [3.05, 3.63) is 71.8 Å². The normalized spacial score (nSPS) is 11.3. The second-order valence-corrected chi connectivity index (χ2v) is 8.10. The van der Waals surface area contributed by atoms with E-state index in [4.69, 9.17) is 21.7 Å². The fraction of sp³-hybridized carbons (Fsp3) is 0.318. The van der Waals surface area contributed by atoms with Crippen LogP contribution in [0.25, 0.3) is 0 Å². The molecule has 1 unspecified atom stereocenters. The van der Waals surface area contributed by atoms with Crippen molar-refractivity contribution >= 4 is 40.2 Å². The predicted octanol–water partition coefficient (Wildman–Crippen LogP) is 5.00. The Morgan fingerprint density at radius 2 is 1.69 bits per heavy atom. The van der Waals surface area contributed by atoms with E-state index in [9.17, 15) is 9.59 Å². The molecule has 0 saturated carbocycles. The molecule has 5 nitrogen and oxygen atoms in total. The molecule has 1 N–H and O–H groups in total. The zero-order valence-corrected chi connectivity index (χ0v) is 18.0. The van der Waals surface area contributed by atoms with Crippen LogP contribution in [0.2, 0.25) is 0 Å². The van der Waals surface area contributed by atoms with Crippen molar-refractivity contribution in [1.29, 1.82) is 0 Å². The van der Waals surface area contributed by atoms with Gasteiger partial charge >= 0.3 is 6.09 Å². The van der Waals surface area contributed by atoms with Gasteiger partial charge in [0.2, 0.25) is 4.38 Å². The van der Waals surface area contributed by atoms with E-state index in [1.807, 2.05) is 55.5 Å². The average molecular weight is 432 g/mol. The first-order valence-corrected chi connectivity index (χ1v) is 10.7. The molecular formula is C22H25NO4S2. The minimum absolute atomic E-state index is 0.0604. The summed E-state index contributed by atoms with van der Waals surface area (Å²) in [5.74, 6) is 0.0604. The number of ketones is 1. The van der Waals surface area contributed by atoms with Crippen molar-refractivity contribution in [2.45, 2.75) is 31.6 Å². The summed E-state index contributed by atoms with van der Waals surface area (Å²) in [5.41, 5.74) is 1.60. The molecule has 0 bridgehead atoms. The second-order valence-electron chi connectivity index (χ2n) is 6.19. The Labute approximate surface area is 181 Å². The maximum absolute atomic E-state index is 12.4. The summed E-state index contributed by atoms with van der Waals surface area (Å²) in [4.78, 5) is 24.4. The number of hydrogen-bond donors (Lipinski definition) is 1. The van der Waals surface area contributed by atoms with E-state index < -0.39 is 6.09 Å². The molecular weight excluding hydrogens is 406 g/mol. The van der Waals surface area contributed by atoms with Crippen molar-refractivity contribution in [2.75, 3.05) is 13.2 Å². The maximum atomic E-state index is 12.4. The molecule has 0 spiro atoms. The molecule has 2 rings (SSSR count). The van der Waals surface area contributed by atoms with E-state index in [-0.39, 0.29) is 17.6 Å².